The summed E-state index contributed by atoms with van der Waals surface area (Å²) in [6.07, 6.45) is 2.99. The number of hydrogen-bond donors (Lipinski definition) is 2. The predicted molar refractivity (Wildman–Crippen MR) is 98.4 cm³/mol. The van der Waals surface area contributed by atoms with Crippen LogP contribution in [-0.2, 0) is 11.2 Å². The number of ketones is 1. The Morgan fingerprint density at radius 3 is 2.65 bits per heavy atom. The predicted octanol–water partition coefficient (Wildman–Crippen LogP) is 2.67. The van der Waals surface area contributed by atoms with Gasteiger partial charge in [0.15, 0.2) is 10.9 Å². The summed E-state index contributed by atoms with van der Waals surface area (Å²) in [5, 5.41) is 6.08. The quantitative estimate of drug-likeness (QED) is 0.848. The zero-order chi connectivity index (χ0) is 18.1. The lowest BCUT2D eigenvalue weighted by atomic mass is 9.89. The van der Waals surface area contributed by atoms with Crippen molar-refractivity contribution in [3.05, 3.63) is 46.5 Å². The second-order valence-electron chi connectivity index (χ2n) is 6.83. The molecule has 1 saturated carbocycles. The number of amides is 2. The van der Waals surface area contributed by atoms with Gasteiger partial charge in [-0.25, -0.2) is 4.98 Å². The summed E-state index contributed by atoms with van der Waals surface area (Å²) in [4.78, 5) is 41.9. The number of hydrogen-bond acceptors (Lipinski definition) is 5. The van der Waals surface area contributed by atoms with E-state index < -0.39 is 0 Å². The molecular formula is C19H19N3O3S. The topological polar surface area (TPSA) is 88.2 Å². The van der Waals surface area contributed by atoms with Crippen molar-refractivity contribution in [3.63, 3.8) is 0 Å². The van der Waals surface area contributed by atoms with Gasteiger partial charge in [0.2, 0.25) is 5.91 Å². The molecule has 2 aliphatic rings. The molecule has 1 aromatic heterocycles. The average molecular weight is 369 g/mol. The summed E-state index contributed by atoms with van der Waals surface area (Å²) in [7, 11) is 0. The fourth-order valence-electron chi connectivity index (χ4n) is 3.04. The molecule has 26 heavy (non-hydrogen) atoms. The zero-order valence-electron chi connectivity index (χ0n) is 14.2. The zero-order valence-corrected chi connectivity index (χ0v) is 15.0. The molecule has 0 bridgehead atoms. The van der Waals surface area contributed by atoms with Gasteiger partial charge in [-0.2, -0.15) is 0 Å². The first-order valence-corrected chi connectivity index (χ1v) is 9.59. The lowest BCUT2D eigenvalue weighted by Gasteiger charge is -2.19. The van der Waals surface area contributed by atoms with Gasteiger partial charge in [-0.1, -0.05) is 29.5 Å². The van der Waals surface area contributed by atoms with Crippen molar-refractivity contribution in [2.75, 3.05) is 11.9 Å². The molecule has 1 aromatic carbocycles. The van der Waals surface area contributed by atoms with Gasteiger partial charge in [0.1, 0.15) is 0 Å². The molecule has 1 atom stereocenters. The molecular weight excluding hydrogens is 350 g/mol. The standard InChI is InChI=1S/C19H19N3O3S/c23-15-9-13(17(24)20-10-11-6-7-11)8-14-16(15)26-19(21-14)22-18(25)12-4-2-1-3-5-12/h1-5,11,13H,6-10H2,(H,20,24)(H,21,22,25). The second kappa shape index (κ2) is 6.99. The number of carbonyl (C=O) groups excluding carboxylic acids is 3. The number of carbonyl (C=O) groups is 3. The lowest BCUT2D eigenvalue weighted by molar-refractivity contribution is -0.125. The van der Waals surface area contributed by atoms with Gasteiger partial charge in [-0.3, -0.25) is 19.7 Å². The van der Waals surface area contributed by atoms with E-state index in [-0.39, 0.29) is 29.9 Å². The summed E-state index contributed by atoms with van der Waals surface area (Å²) in [5.41, 5.74) is 1.14. The molecule has 0 saturated heterocycles. The number of rotatable bonds is 5. The van der Waals surface area contributed by atoms with Gasteiger partial charge in [-0.15, -0.1) is 0 Å². The highest BCUT2D eigenvalue weighted by Crippen LogP contribution is 2.33. The lowest BCUT2D eigenvalue weighted by Crippen LogP contribution is -2.36. The van der Waals surface area contributed by atoms with E-state index in [4.69, 9.17) is 0 Å². The largest absolute Gasteiger partial charge is 0.356 e. The minimum atomic E-state index is -0.367. The molecule has 1 heterocycles. The maximum Gasteiger partial charge on any atom is 0.257 e. The maximum absolute atomic E-state index is 12.4. The highest BCUT2D eigenvalue weighted by molar-refractivity contribution is 7.17. The number of fused-ring (bicyclic) bond motifs is 1. The van der Waals surface area contributed by atoms with Crippen LogP contribution in [0.15, 0.2) is 30.3 Å². The first-order valence-electron chi connectivity index (χ1n) is 8.77. The Morgan fingerprint density at radius 2 is 1.92 bits per heavy atom. The van der Waals surface area contributed by atoms with Crippen molar-refractivity contribution < 1.29 is 14.4 Å². The van der Waals surface area contributed by atoms with E-state index in [9.17, 15) is 14.4 Å². The van der Waals surface area contributed by atoms with Crippen LogP contribution in [0.4, 0.5) is 5.13 Å². The molecule has 1 fully saturated rings. The normalized spacial score (nSPS) is 18.9. The van der Waals surface area contributed by atoms with E-state index in [1.165, 1.54) is 24.2 Å². The molecule has 2 N–H and O–H groups in total. The van der Waals surface area contributed by atoms with Crippen LogP contribution in [0.2, 0.25) is 0 Å². The Kier molecular flexibility index (Phi) is 4.55. The Bertz CT molecular complexity index is 858. The first kappa shape index (κ1) is 16.9. The van der Waals surface area contributed by atoms with E-state index in [1.54, 1.807) is 24.3 Å². The molecule has 0 radical (unpaired) electrons. The molecule has 6 nitrogen and oxygen atoms in total. The molecule has 0 aliphatic heterocycles. The Morgan fingerprint density at radius 1 is 1.15 bits per heavy atom. The van der Waals surface area contributed by atoms with E-state index in [0.717, 1.165) is 0 Å². The smallest absolute Gasteiger partial charge is 0.257 e. The molecule has 1 unspecified atom stereocenters. The second-order valence-corrected chi connectivity index (χ2v) is 7.83. The molecule has 2 amide bonds. The van der Waals surface area contributed by atoms with Gasteiger partial charge < -0.3 is 5.32 Å². The number of Topliss-reactive ketones (excluding diaryl/α,β-unsaturated/α-hetero) is 1. The highest BCUT2D eigenvalue weighted by Gasteiger charge is 2.33. The number of benzene rings is 1. The monoisotopic (exact) mass is 369 g/mol. The number of nitrogens with one attached hydrogen (secondary N) is 2. The van der Waals surface area contributed by atoms with Crippen molar-refractivity contribution in [1.29, 1.82) is 0 Å². The van der Waals surface area contributed by atoms with Crippen molar-refractivity contribution in [2.24, 2.45) is 11.8 Å². The van der Waals surface area contributed by atoms with Gasteiger partial charge in [0, 0.05) is 24.9 Å². The van der Waals surface area contributed by atoms with Crippen LogP contribution in [0.25, 0.3) is 0 Å². The van der Waals surface area contributed by atoms with Crippen LogP contribution in [0.5, 0.6) is 0 Å². The number of aromatic nitrogens is 1. The third-order valence-electron chi connectivity index (χ3n) is 4.71. The van der Waals surface area contributed by atoms with Gasteiger partial charge in [0.05, 0.1) is 16.5 Å². The van der Waals surface area contributed by atoms with Crippen LogP contribution in [-0.4, -0.2) is 29.1 Å². The molecule has 7 heteroatoms. The SMILES string of the molecule is O=C(Nc1nc2c(s1)C(=O)CC(C(=O)NCC1CC1)C2)c1ccccc1. The Balaban J connectivity index is 1.44. The van der Waals surface area contributed by atoms with Crippen molar-refractivity contribution in [1.82, 2.24) is 10.3 Å². The third-order valence-corrected chi connectivity index (χ3v) is 5.77. The van der Waals surface area contributed by atoms with Crippen LogP contribution in [0.1, 0.15) is 45.0 Å². The Hall–Kier alpha value is -2.54. The van der Waals surface area contributed by atoms with Crippen LogP contribution in [0.3, 0.4) is 0 Å². The number of nitrogens with zero attached hydrogens (tertiary/aromatic N) is 1. The summed E-state index contributed by atoms with van der Waals surface area (Å²) in [6, 6.07) is 8.85. The van der Waals surface area contributed by atoms with Crippen LogP contribution < -0.4 is 10.6 Å². The minimum Gasteiger partial charge on any atom is -0.356 e. The molecule has 4 rings (SSSR count). The van der Waals surface area contributed by atoms with E-state index in [2.05, 4.69) is 15.6 Å². The van der Waals surface area contributed by atoms with Crippen LogP contribution >= 0.6 is 11.3 Å². The van der Waals surface area contributed by atoms with Crippen molar-refractivity contribution in [3.8, 4) is 0 Å². The molecule has 2 aromatic rings. The Labute approximate surface area is 155 Å². The van der Waals surface area contributed by atoms with Crippen LogP contribution in [0, 0.1) is 11.8 Å². The van der Waals surface area contributed by atoms with E-state index >= 15 is 0 Å². The minimum absolute atomic E-state index is 0.0706. The van der Waals surface area contributed by atoms with E-state index in [0.29, 0.717) is 40.1 Å². The highest BCUT2D eigenvalue weighted by atomic mass is 32.1. The van der Waals surface area contributed by atoms with Crippen molar-refractivity contribution in [2.45, 2.75) is 25.7 Å². The fourth-order valence-corrected chi connectivity index (χ4v) is 3.98. The third kappa shape index (κ3) is 3.67. The first-order chi connectivity index (χ1) is 12.6. The molecule has 0 spiro atoms. The number of thiazole rings is 1. The van der Waals surface area contributed by atoms with Crippen molar-refractivity contribution >= 4 is 34.1 Å². The average Bonchev–Trinajstić information content (AvgIpc) is 3.39. The fraction of sp³-hybridized carbons (Fsp3) is 0.368. The molecule has 134 valence electrons. The molecule has 2 aliphatic carbocycles. The van der Waals surface area contributed by atoms with E-state index in [1.807, 2.05) is 6.07 Å². The van der Waals surface area contributed by atoms with Gasteiger partial charge in [-0.05, 0) is 30.9 Å². The maximum atomic E-state index is 12.4. The van der Waals surface area contributed by atoms with Gasteiger partial charge in [0.25, 0.3) is 5.91 Å². The summed E-state index contributed by atoms with van der Waals surface area (Å²) in [5.74, 6) is -0.168. The summed E-state index contributed by atoms with van der Waals surface area (Å²) < 4.78 is 0. The number of anilines is 1. The summed E-state index contributed by atoms with van der Waals surface area (Å²) in [6.45, 7) is 0.700. The summed E-state index contributed by atoms with van der Waals surface area (Å²) >= 11 is 1.18. The van der Waals surface area contributed by atoms with Gasteiger partial charge >= 0.3 is 0 Å².